The summed E-state index contributed by atoms with van der Waals surface area (Å²) in [5.74, 6) is 0.223. The lowest BCUT2D eigenvalue weighted by atomic mass is 9.92. The molecular weight excluding hydrogens is 278 g/mol. The molecule has 2 rings (SSSR count). The van der Waals surface area contributed by atoms with Gasteiger partial charge in [-0.2, -0.15) is 5.10 Å². The summed E-state index contributed by atoms with van der Waals surface area (Å²) >= 11 is 0. The molecule has 1 heterocycles. The molecule has 1 aromatic carbocycles. The van der Waals surface area contributed by atoms with Gasteiger partial charge in [0.15, 0.2) is 0 Å². The minimum atomic E-state index is -0.241. The number of anilines is 1. The molecule has 0 aliphatic carbocycles. The lowest BCUT2D eigenvalue weighted by molar-refractivity contribution is -0.121. The third-order valence-corrected chi connectivity index (χ3v) is 3.78. The molecule has 118 valence electrons. The van der Waals surface area contributed by atoms with Crippen LogP contribution in [0.25, 0.3) is 0 Å². The van der Waals surface area contributed by atoms with Crippen molar-refractivity contribution in [3.8, 4) is 0 Å². The summed E-state index contributed by atoms with van der Waals surface area (Å²) in [5.41, 5.74) is 5.82. The highest BCUT2D eigenvalue weighted by Crippen LogP contribution is 2.32. The van der Waals surface area contributed by atoms with Crippen LogP contribution in [-0.4, -0.2) is 17.5 Å². The van der Waals surface area contributed by atoms with Gasteiger partial charge in [-0.1, -0.05) is 45.9 Å². The number of nitrogens with zero attached hydrogens (tertiary/aromatic N) is 1. The van der Waals surface area contributed by atoms with Crippen LogP contribution in [0, 0.1) is 0 Å². The summed E-state index contributed by atoms with van der Waals surface area (Å²) < 4.78 is 0. The molecule has 5 nitrogen and oxygen atoms in total. The number of hydrogen-bond donors (Lipinski definition) is 2. The van der Waals surface area contributed by atoms with E-state index in [1.807, 2.05) is 18.2 Å². The Balaban J connectivity index is 2.31. The Morgan fingerprint density at radius 2 is 1.73 bits per heavy atom. The molecular formula is C17H23N3O2. The van der Waals surface area contributed by atoms with Gasteiger partial charge in [0.05, 0.1) is 0 Å². The quantitative estimate of drug-likeness (QED) is 0.897. The van der Waals surface area contributed by atoms with Crippen molar-refractivity contribution >= 4 is 23.2 Å². The van der Waals surface area contributed by atoms with Gasteiger partial charge in [-0.25, -0.2) is 5.43 Å². The van der Waals surface area contributed by atoms with Crippen molar-refractivity contribution in [3.63, 3.8) is 0 Å². The van der Waals surface area contributed by atoms with Gasteiger partial charge in [0, 0.05) is 18.5 Å². The van der Waals surface area contributed by atoms with E-state index < -0.39 is 0 Å². The van der Waals surface area contributed by atoms with Gasteiger partial charge >= 0.3 is 0 Å². The van der Waals surface area contributed by atoms with Gasteiger partial charge in [-0.3, -0.25) is 9.59 Å². The summed E-state index contributed by atoms with van der Waals surface area (Å²) in [5, 5.41) is 6.87. The Morgan fingerprint density at radius 1 is 1.14 bits per heavy atom. The molecule has 1 aliphatic heterocycles. The number of nitrogens with one attached hydrogen (secondary N) is 2. The van der Waals surface area contributed by atoms with Gasteiger partial charge in [-0.05, 0) is 23.0 Å². The van der Waals surface area contributed by atoms with Crippen LogP contribution >= 0.6 is 0 Å². The summed E-state index contributed by atoms with van der Waals surface area (Å²) in [6.45, 7) is 8.42. The zero-order valence-corrected chi connectivity index (χ0v) is 13.6. The van der Waals surface area contributed by atoms with Gasteiger partial charge in [0.25, 0.3) is 5.91 Å². The lowest BCUT2D eigenvalue weighted by Gasteiger charge is -2.21. The van der Waals surface area contributed by atoms with Crippen molar-refractivity contribution in [2.24, 2.45) is 5.10 Å². The number of carbonyl (C=O) groups is 2. The van der Waals surface area contributed by atoms with E-state index in [2.05, 4.69) is 43.5 Å². The predicted octanol–water partition coefficient (Wildman–Crippen LogP) is 3.14. The second kappa shape index (κ2) is 6.73. The van der Waals surface area contributed by atoms with Crippen molar-refractivity contribution in [2.45, 2.75) is 52.4 Å². The first kappa shape index (κ1) is 16.2. The van der Waals surface area contributed by atoms with Crippen LogP contribution in [0.3, 0.4) is 0 Å². The van der Waals surface area contributed by atoms with Crippen LogP contribution in [0.2, 0.25) is 0 Å². The van der Waals surface area contributed by atoms with Gasteiger partial charge in [0.1, 0.15) is 5.71 Å². The van der Waals surface area contributed by atoms with Gasteiger partial charge < -0.3 is 5.32 Å². The summed E-state index contributed by atoms with van der Waals surface area (Å²) in [6.07, 6.45) is 0.674. The normalized spacial score (nSPS) is 14.8. The van der Waals surface area contributed by atoms with E-state index in [-0.39, 0.29) is 11.8 Å². The monoisotopic (exact) mass is 301 g/mol. The van der Waals surface area contributed by atoms with E-state index in [0.29, 0.717) is 30.4 Å². The number of hydrazone groups is 1. The van der Waals surface area contributed by atoms with Crippen LogP contribution in [0.15, 0.2) is 23.3 Å². The molecule has 5 heteroatoms. The smallest absolute Gasteiger partial charge is 0.271 e. The lowest BCUT2D eigenvalue weighted by Crippen LogP contribution is -2.33. The minimum Gasteiger partial charge on any atom is -0.320 e. The second-order valence-electron chi connectivity index (χ2n) is 6.17. The average molecular weight is 301 g/mol. The van der Waals surface area contributed by atoms with E-state index in [4.69, 9.17) is 0 Å². The minimum absolute atomic E-state index is 0.151. The zero-order chi connectivity index (χ0) is 16.3. The highest BCUT2D eigenvalue weighted by molar-refractivity contribution is 6.43. The van der Waals surface area contributed by atoms with Crippen molar-refractivity contribution < 1.29 is 9.59 Å². The Morgan fingerprint density at radius 3 is 2.18 bits per heavy atom. The SMILES string of the molecule is CC(C)c1cccc(C(C)C)c1NC(=O)C1=NNC(=O)CC1. The molecule has 2 N–H and O–H groups in total. The van der Waals surface area contributed by atoms with Crippen molar-refractivity contribution in [2.75, 3.05) is 5.32 Å². The van der Waals surface area contributed by atoms with Crippen LogP contribution < -0.4 is 10.7 Å². The maximum absolute atomic E-state index is 12.4. The highest BCUT2D eigenvalue weighted by Gasteiger charge is 2.21. The molecule has 1 aromatic rings. The van der Waals surface area contributed by atoms with Crippen molar-refractivity contribution in [1.29, 1.82) is 0 Å². The number of hydrogen-bond acceptors (Lipinski definition) is 3. The molecule has 22 heavy (non-hydrogen) atoms. The van der Waals surface area contributed by atoms with E-state index >= 15 is 0 Å². The molecule has 1 aliphatic rings. The first-order chi connectivity index (χ1) is 10.4. The number of para-hydroxylation sites is 1. The Labute approximate surface area is 131 Å². The molecule has 0 bridgehead atoms. The summed E-state index contributed by atoms with van der Waals surface area (Å²) in [7, 11) is 0. The van der Waals surface area contributed by atoms with Crippen LogP contribution in [0.5, 0.6) is 0 Å². The standard InChI is InChI=1S/C17H23N3O2/c1-10(2)12-6-5-7-13(11(3)4)16(12)18-17(22)14-8-9-15(21)20-19-14/h5-7,10-11H,8-9H2,1-4H3,(H,18,22)(H,20,21). The molecule has 0 radical (unpaired) electrons. The maximum atomic E-state index is 12.4. The molecule has 0 aromatic heterocycles. The fourth-order valence-electron chi connectivity index (χ4n) is 2.52. The first-order valence-electron chi connectivity index (χ1n) is 7.69. The van der Waals surface area contributed by atoms with Gasteiger partial charge in [0.2, 0.25) is 5.91 Å². The second-order valence-corrected chi connectivity index (χ2v) is 6.17. The van der Waals surface area contributed by atoms with E-state index in [9.17, 15) is 9.59 Å². The van der Waals surface area contributed by atoms with Crippen molar-refractivity contribution in [3.05, 3.63) is 29.3 Å². The zero-order valence-electron chi connectivity index (χ0n) is 13.6. The highest BCUT2D eigenvalue weighted by atomic mass is 16.2. The van der Waals surface area contributed by atoms with Crippen LogP contribution in [0.4, 0.5) is 5.69 Å². The molecule has 0 unspecified atom stereocenters. The molecule has 0 saturated heterocycles. The fraction of sp³-hybridized carbons (Fsp3) is 0.471. The molecule has 2 amide bonds. The molecule has 0 saturated carbocycles. The molecule has 0 spiro atoms. The number of benzene rings is 1. The summed E-state index contributed by atoms with van der Waals surface area (Å²) in [4.78, 5) is 23.6. The van der Waals surface area contributed by atoms with Crippen molar-refractivity contribution in [1.82, 2.24) is 5.43 Å². The third-order valence-electron chi connectivity index (χ3n) is 3.78. The molecule has 0 fully saturated rings. The van der Waals surface area contributed by atoms with E-state index in [0.717, 1.165) is 16.8 Å². The first-order valence-corrected chi connectivity index (χ1v) is 7.69. The largest absolute Gasteiger partial charge is 0.320 e. The maximum Gasteiger partial charge on any atom is 0.271 e. The van der Waals surface area contributed by atoms with E-state index in [1.54, 1.807) is 0 Å². The Hall–Kier alpha value is -2.17. The van der Waals surface area contributed by atoms with Gasteiger partial charge in [-0.15, -0.1) is 0 Å². The number of rotatable bonds is 4. The third kappa shape index (κ3) is 3.53. The molecule has 0 atom stereocenters. The predicted molar refractivity (Wildman–Crippen MR) is 88.1 cm³/mol. The number of carbonyl (C=O) groups excluding carboxylic acids is 2. The average Bonchev–Trinajstić information content (AvgIpc) is 2.47. The topological polar surface area (TPSA) is 70.6 Å². The Kier molecular flexibility index (Phi) is 4.96. The van der Waals surface area contributed by atoms with Crippen LogP contribution in [-0.2, 0) is 9.59 Å². The number of amides is 2. The van der Waals surface area contributed by atoms with E-state index in [1.165, 1.54) is 0 Å². The Bertz CT molecular complexity index is 592. The van der Waals surface area contributed by atoms with Crippen LogP contribution in [0.1, 0.15) is 63.5 Å². The fourth-order valence-corrected chi connectivity index (χ4v) is 2.52. The summed E-state index contributed by atoms with van der Waals surface area (Å²) in [6, 6.07) is 6.10.